The van der Waals surface area contributed by atoms with Gasteiger partial charge in [-0.25, -0.2) is 9.59 Å². The van der Waals surface area contributed by atoms with E-state index in [9.17, 15) is 26.3 Å². The van der Waals surface area contributed by atoms with Crippen molar-refractivity contribution >= 4 is 40.2 Å². The van der Waals surface area contributed by atoms with Crippen LogP contribution in [-0.2, 0) is 29.7 Å². The maximum Gasteiger partial charge on any atom is 0.490 e. The molecule has 0 spiro atoms. The van der Waals surface area contributed by atoms with Gasteiger partial charge < -0.3 is 19.7 Å². The number of nitrogens with zero attached hydrogens (tertiary/aromatic N) is 7. The third-order valence-electron chi connectivity index (χ3n) is 5.92. The van der Waals surface area contributed by atoms with Crippen molar-refractivity contribution in [2.45, 2.75) is 32.4 Å². The number of carboxylic acid groups (broad SMARTS) is 2. The Kier molecular flexibility index (Phi) is 10.5. The highest BCUT2D eigenvalue weighted by molar-refractivity contribution is 6.30. The molecule has 0 aliphatic heterocycles. The molecule has 4 heterocycles. The zero-order valence-corrected chi connectivity index (χ0v) is 24.8. The second-order valence-corrected chi connectivity index (χ2v) is 10.3. The molecule has 5 rings (SSSR count). The number of carbonyl (C=O) groups is 2. The summed E-state index contributed by atoms with van der Waals surface area (Å²) in [5.74, 6) is -4.65. The molecule has 1 aromatic carbocycles. The quantitative estimate of drug-likeness (QED) is 0.239. The van der Waals surface area contributed by atoms with Crippen molar-refractivity contribution in [3.63, 3.8) is 0 Å². The van der Waals surface area contributed by atoms with E-state index in [1.165, 1.54) is 5.56 Å². The van der Waals surface area contributed by atoms with Crippen molar-refractivity contribution in [2.75, 3.05) is 14.1 Å². The van der Waals surface area contributed by atoms with Gasteiger partial charge in [0.25, 0.3) is 0 Å². The summed E-state index contributed by atoms with van der Waals surface area (Å²) in [5, 5.41) is 28.2. The Morgan fingerprint density at radius 2 is 1.47 bits per heavy atom. The van der Waals surface area contributed by atoms with Gasteiger partial charge in [0, 0.05) is 31.4 Å². The number of benzene rings is 1. The van der Waals surface area contributed by atoms with Crippen LogP contribution in [0.2, 0.25) is 5.02 Å². The molecule has 0 aliphatic rings. The van der Waals surface area contributed by atoms with Crippen LogP contribution in [0.5, 0.6) is 0 Å². The molecule has 0 bridgehead atoms. The van der Waals surface area contributed by atoms with E-state index in [0.29, 0.717) is 6.54 Å². The maximum absolute atomic E-state index is 10.6. The smallest absolute Gasteiger partial charge is 0.475 e. The summed E-state index contributed by atoms with van der Waals surface area (Å²) in [4.78, 5) is 19.9. The summed E-state index contributed by atoms with van der Waals surface area (Å²) in [7, 11) is 6.06. The molecule has 45 heavy (non-hydrogen) atoms. The van der Waals surface area contributed by atoms with Gasteiger partial charge in [0.1, 0.15) is 11.5 Å². The van der Waals surface area contributed by atoms with Crippen LogP contribution in [0.3, 0.4) is 0 Å². The number of hydrogen-bond donors (Lipinski definition) is 2. The largest absolute Gasteiger partial charge is 0.490 e. The fourth-order valence-electron chi connectivity index (χ4n) is 4.22. The molecule has 0 saturated heterocycles. The van der Waals surface area contributed by atoms with Crippen LogP contribution in [0.15, 0.2) is 48.7 Å². The average molecular weight is 662 g/mol. The van der Waals surface area contributed by atoms with Crippen molar-refractivity contribution < 1.29 is 46.1 Å². The number of carboxylic acids is 2. The summed E-state index contributed by atoms with van der Waals surface area (Å²) < 4.78 is 69.7. The lowest BCUT2D eigenvalue weighted by Crippen LogP contribution is -2.21. The number of alkyl halides is 6. The number of aryl methyl sites for hydroxylation is 2. The number of aromatic nitrogens is 6. The van der Waals surface area contributed by atoms with Crippen LogP contribution in [-0.4, -0.2) is 82.4 Å². The molecular formula is C27H26ClF6N7O4. The van der Waals surface area contributed by atoms with Crippen molar-refractivity contribution in [3.05, 3.63) is 70.6 Å². The molecule has 4 aromatic heterocycles. The SMILES string of the molecule is Cc1nnc2ccc3c(cc(-c4ccn(C)n4)n3Cc3cc(Cl)cc(CN(C)C)c3)n12.O=C(O)C(F)(F)F.O=C(O)C(F)(F)F. The molecule has 0 fully saturated rings. The monoisotopic (exact) mass is 661 g/mol. The first kappa shape index (κ1) is 34.8. The van der Waals surface area contributed by atoms with Gasteiger partial charge in [-0.2, -0.15) is 31.4 Å². The first-order valence-electron chi connectivity index (χ1n) is 12.6. The van der Waals surface area contributed by atoms with Crippen LogP contribution < -0.4 is 0 Å². The van der Waals surface area contributed by atoms with Crippen molar-refractivity contribution in [2.24, 2.45) is 7.05 Å². The van der Waals surface area contributed by atoms with E-state index in [4.69, 9.17) is 31.4 Å². The van der Waals surface area contributed by atoms with E-state index in [1.807, 2.05) is 49.1 Å². The maximum atomic E-state index is 10.6. The Morgan fingerprint density at radius 3 is 1.98 bits per heavy atom. The lowest BCUT2D eigenvalue weighted by atomic mass is 10.1. The predicted molar refractivity (Wildman–Crippen MR) is 151 cm³/mol. The molecule has 18 heteroatoms. The Bertz CT molecular complexity index is 1800. The Hall–Kier alpha value is -4.64. The summed E-state index contributed by atoms with van der Waals surface area (Å²) >= 11 is 6.47. The van der Waals surface area contributed by atoms with Gasteiger partial charge in [0.15, 0.2) is 5.65 Å². The zero-order chi connectivity index (χ0) is 33.9. The summed E-state index contributed by atoms with van der Waals surface area (Å²) in [6.45, 7) is 3.50. The van der Waals surface area contributed by atoms with Gasteiger partial charge >= 0.3 is 24.3 Å². The Morgan fingerprint density at radius 1 is 0.889 bits per heavy atom. The van der Waals surface area contributed by atoms with Gasteiger partial charge in [-0.3, -0.25) is 9.08 Å². The molecule has 0 radical (unpaired) electrons. The normalized spacial score (nSPS) is 11.7. The highest BCUT2D eigenvalue weighted by atomic mass is 35.5. The van der Waals surface area contributed by atoms with Gasteiger partial charge in [0.2, 0.25) is 0 Å². The number of rotatable bonds is 5. The van der Waals surface area contributed by atoms with E-state index >= 15 is 0 Å². The molecule has 0 amide bonds. The van der Waals surface area contributed by atoms with E-state index in [-0.39, 0.29) is 0 Å². The number of hydrogen-bond acceptors (Lipinski definition) is 6. The Balaban J connectivity index is 0.000000331. The minimum atomic E-state index is -5.08. The number of aliphatic carboxylic acids is 2. The lowest BCUT2D eigenvalue weighted by molar-refractivity contribution is -0.193. The van der Waals surface area contributed by atoms with Gasteiger partial charge in [0.05, 0.1) is 16.7 Å². The lowest BCUT2D eigenvalue weighted by Gasteiger charge is -2.14. The highest BCUT2D eigenvalue weighted by Gasteiger charge is 2.38. The minimum absolute atomic E-state index is 0.684. The predicted octanol–water partition coefficient (Wildman–Crippen LogP) is 5.42. The van der Waals surface area contributed by atoms with E-state index < -0.39 is 24.3 Å². The molecule has 11 nitrogen and oxygen atoms in total. The van der Waals surface area contributed by atoms with E-state index in [1.54, 1.807) is 0 Å². The first-order valence-corrected chi connectivity index (χ1v) is 13.0. The molecule has 0 aliphatic carbocycles. The fraction of sp³-hybridized carbons (Fsp3) is 0.296. The van der Waals surface area contributed by atoms with Crippen LogP contribution >= 0.6 is 11.6 Å². The minimum Gasteiger partial charge on any atom is -0.475 e. The van der Waals surface area contributed by atoms with Gasteiger partial charge in [-0.15, -0.1) is 10.2 Å². The standard InChI is InChI=1S/C23H24ClN7.2C2HF3O2/c1-15-25-26-23-6-5-20-22(31(15)23)12-21(19-7-8-29(4)27-19)30(20)14-17-9-16(13-28(2)3)10-18(24)11-17;2*3-2(4,5)1(6)7/h5-12H,13-14H2,1-4H3;2*(H,6,7). The molecule has 2 N–H and O–H groups in total. The third kappa shape index (κ3) is 8.95. The second kappa shape index (κ2) is 13.6. The highest BCUT2D eigenvalue weighted by Crippen LogP contribution is 2.30. The number of fused-ring (bicyclic) bond motifs is 3. The Labute approximate surface area is 255 Å². The fourth-order valence-corrected chi connectivity index (χ4v) is 4.50. The second-order valence-electron chi connectivity index (χ2n) is 9.85. The third-order valence-corrected chi connectivity index (χ3v) is 6.13. The molecule has 5 aromatic rings. The number of pyridine rings is 1. The van der Waals surface area contributed by atoms with Crippen LogP contribution in [0.1, 0.15) is 17.0 Å². The zero-order valence-electron chi connectivity index (χ0n) is 24.0. The van der Waals surface area contributed by atoms with Crippen molar-refractivity contribution in [1.29, 1.82) is 0 Å². The summed E-state index contributed by atoms with van der Waals surface area (Å²) in [6.07, 6.45) is -8.20. The van der Waals surface area contributed by atoms with Crippen LogP contribution in [0.25, 0.3) is 28.1 Å². The number of halogens is 7. The molecule has 242 valence electrons. The summed E-state index contributed by atoms with van der Waals surface area (Å²) in [6, 6.07) is 14.6. The van der Waals surface area contributed by atoms with Crippen molar-refractivity contribution in [3.8, 4) is 11.4 Å². The molecule has 0 unspecified atom stereocenters. The molecule has 0 atom stereocenters. The summed E-state index contributed by atoms with van der Waals surface area (Å²) in [5.41, 5.74) is 7.32. The van der Waals surface area contributed by atoms with Crippen molar-refractivity contribution in [1.82, 2.24) is 33.8 Å². The molecular weight excluding hydrogens is 636 g/mol. The van der Waals surface area contributed by atoms with E-state index in [0.717, 1.165) is 51.0 Å². The average Bonchev–Trinajstić information content (AvgIpc) is 3.60. The van der Waals surface area contributed by atoms with Crippen LogP contribution in [0.4, 0.5) is 26.3 Å². The van der Waals surface area contributed by atoms with E-state index in [2.05, 4.69) is 61.5 Å². The first-order chi connectivity index (χ1) is 20.8. The molecule has 0 saturated carbocycles. The van der Waals surface area contributed by atoms with Gasteiger partial charge in [-0.1, -0.05) is 17.7 Å². The van der Waals surface area contributed by atoms with Gasteiger partial charge in [-0.05, 0) is 68.5 Å². The van der Waals surface area contributed by atoms with Crippen LogP contribution in [0, 0.1) is 6.92 Å². The topological polar surface area (TPSA) is 131 Å².